The van der Waals surface area contributed by atoms with Gasteiger partial charge in [0.15, 0.2) is 11.6 Å². The first-order valence-electron chi connectivity index (χ1n) is 10.3. The van der Waals surface area contributed by atoms with E-state index in [-0.39, 0.29) is 11.1 Å². The summed E-state index contributed by atoms with van der Waals surface area (Å²) in [7, 11) is 0. The van der Waals surface area contributed by atoms with E-state index >= 15 is 0 Å². The molecule has 28 heavy (non-hydrogen) atoms. The molecule has 2 unspecified atom stereocenters. The van der Waals surface area contributed by atoms with Crippen LogP contribution in [0.4, 0.5) is 0 Å². The van der Waals surface area contributed by atoms with E-state index in [1.54, 1.807) is 0 Å². The van der Waals surface area contributed by atoms with E-state index in [1.807, 2.05) is 24.1 Å². The average Bonchev–Trinajstić information content (AvgIpc) is 3.31. The van der Waals surface area contributed by atoms with Crippen molar-refractivity contribution in [1.29, 1.82) is 0 Å². The van der Waals surface area contributed by atoms with E-state index in [2.05, 4.69) is 50.2 Å². The normalized spacial score (nSPS) is 33.5. The monoisotopic (exact) mass is 375 g/mol. The summed E-state index contributed by atoms with van der Waals surface area (Å²) in [6.07, 6.45) is 13.2. The van der Waals surface area contributed by atoms with Crippen LogP contribution in [0, 0.1) is 25.7 Å². The minimum atomic E-state index is -0.00636. The fourth-order valence-corrected chi connectivity index (χ4v) is 6.64. The van der Waals surface area contributed by atoms with Gasteiger partial charge < -0.3 is 4.57 Å². The lowest BCUT2D eigenvalue weighted by atomic mass is 9.50. The predicted molar refractivity (Wildman–Crippen MR) is 103 cm³/mol. The first-order chi connectivity index (χ1) is 13.6. The van der Waals surface area contributed by atoms with Gasteiger partial charge in [-0.15, -0.1) is 10.2 Å². The quantitative estimate of drug-likeness (QED) is 0.702. The molecule has 2 atom stereocenters. The van der Waals surface area contributed by atoms with Crippen LogP contribution in [-0.2, 0) is 11.1 Å². The Hall–Kier alpha value is -2.57. The third-order valence-electron chi connectivity index (χ3n) is 7.23. The summed E-state index contributed by atoms with van der Waals surface area (Å²) in [6.45, 7) is 4.00. The number of aryl methyl sites for hydroxylation is 2. The summed E-state index contributed by atoms with van der Waals surface area (Å²) in [4.78, 5) is 11.3. The standard InChI is InChI=1S/C21H25N7/c1-14-3-4-18(23-12-14)19-22-5-6-27(19)20-8-16-7-17(9-20)11-21(10-16,13-20)28-25-15(2)24-26-28/h3-6,12,16-17H,7-11,13H2,1-2H3. The van der Waals surface area contributed by atoms with Gasteiger partial charge in [0.05, 0.1) is 5.54 Å². The highest BCUT2D eigenvalue weighted by molar-refractivity contribution is 5.50. The Labute approximate surface area is 164 Å². The van der Waals surface area contributed by atoms with E-state index in [4.69, 9.17) is 4.98 Å². The second-order valence-electron chi connectivity index (χ2n) is 9.38. The molecule has 4 bridgehead atoms. The molecule has 4 aliphatic carbocycles. The van der Waals surface area contributed by atoms with Crippen LogP contribution in [0.15, 0.2) is 30.7 Å². The zero-order valence-electron chi connectivity index (χ0n) is 16.4. The number of imidazole rings is 1. The third-order valence-corrected chi connectivity index (χ3v) is 7.23. The summed E-state index contributed by atoms with van der Waals surface area (Å²) in [6, 6.07) is 4.21. The Kier molecular flexibility index (Phi) is 3.21. The largest absolute Gasteiger partial charge is 0.323 e. The van der Waals surface area contributed by atoms with Crippen molar-refractivity contribution in [2.75, 3.05) is 0 Å². The maximum absolute atomic E-state index is 4.72. The molecule has 7 heteroatoms. The minimum Gasteiger partial charge on any atom is -0.323 e. The average molecular weight is 375 g/mol. The van der Waals surface area contributed by atoms with Crippen LogP contribution in [0.5, 0.6) is 0 Å². The molecule has 0 spiro atoms. The molecule has 4 fully saturated rings. The molecule has 144 valence electrons. The van der Waals surface area contributed by atoms with Gasteiger partial charge in [0.1, 0.15) is 5.69 Å². The van der Waals surface area contributed by atoms with Gasteiger partial charge in [-0.3, -0.25) is 4.98 Å². The highest BCUT2D eigenvalue weighted by atomic mass is 15.6. The molecule has 7 nitrogen and oxygen atoms in total. The van der Waals surface area contributed by atoms with Crippen molar-refractivity contribution in [2.45, 2.75) is 63.5 Å². The second-order valence-corrected chi connectivity index (χ2v) is 9.38. The Morgan fingerprint density at radius 2 is 1.79 bits per heavy atom. The van der Waals surface area contributed by atoms with Crippen molar-refractivity contribution in [3.63, 3.8) is 0 Å². The smallest absolute Gasteiger partial charge is 0.171 e. The molecule has 3 aromatic heterocycles. The molecule has 0 radical (unpaired) electrons. The molecular formula is C21H25N7. The number of nitrogens with zero attached hydrogens (tertiary/aromatic N) is 7. The summed E-state index contributed by atoms with van der Waals surface area (Å²) in [5, 5.41) is 13.3. The minimum absolute atomic E-state index is 0.00636. The van der Waals surface area contributed by atoms with E-state index in [1.165, 1.54) is 37.7 Å². The molecule has 3 aromatic rings. The highest BCUT2D eigenvalue weighted by Gasteiger charge is 2.60. The first kappa shape index (κ1) is 16.4. The van der Waals surface area contributed by atoms with E-state index < -0.39 is 0 Å². The summed E-state index contributed by atoms with van der Waals surface area (Å²) >= 11 is 0. The van der Waals surface area contributed by atoms with E-state index in [0.29, 0.717) is 11.8 Å². The molecular weight excluding hydrogens is 350 g/mol. The van der Waals surface area contributed by atoms with Crippen LogP contribution < -0.4 is 0 Å². The number of rotatable bonds is 3. The number of pyridine rings is 1. The Balaban J connectivity index is 1.46. The van der Waals surface area contributed by atoms with Crippen molar-refractivity contribution < 1.29 is 0 Å². The first-order valence-corrected chi connectivity index (χ1v) is 10.3. The van der Waals surface area contributed by atoms with Crippen molar-refractivity contribution >= 4 is 0 Å². The highest BCUT2D eigenvalue weighted by Crippen LogP contribution is 2.63. The van der Waals surface area contributed by atoms with E-state index in [0.717, 1.165) is 23.8 Å². The van der Waals surface area contributed by atoms with Crippen molar-refractivity contribution in [3.8, 4) is 11.5 Å². The third kappa shape index (κ3) is 2.25. The summed E-state index contributed by atoms with van der Waals surface area (Å²) < 4.78 is 2.43. The SMILES string of the molecule is Cc1ccc(-c2nccn2C23CC4CC(CC(n5nnc(C)n5)(C4)C2)C3)nc1. The van der Waals surface area contributed by atoms with Gasteiger partial charge in [0.2, 0.25) is 0 Å². The maximum Gasteiger partial charge on any atom is 0.171 e. The van der Waals surface area contributed by atoms with Crippen LogP contribution in [0.2, 0.25) is 0 Å². The Bertz CT molecular complexity index is 1020. The van der Waals surface area contributed by atoms with Crippen LogP contribution >= 0.6 is 0 Å². The van der Waals surface area contributed by atoms with Crippen LogP contribution in [0.25, 0.3) is 11.5 Å². The van der Waals surface area contributed by atoms with Gasteiger partial charge in [-0.2, -0.15) is 4.80 Å². The molecule has 4 saturated carbocycles. The van der Waals surface area contributed by atoms with Crippen LogP contribution in [0.3, 0.4) is 0 Å². The zero-order valence-corrected chi connectivity index (χ0v) is 16.4. The zero-order chi connectivity index (χ0) is 18.9. The summed E-state index contributed by atoms with van der Waals surface area (Å²) in [5.74, 6) is 3.18. The molecule has 3 heterocycles. The maximum atomic E-state index is 4.72. The molecule has 0 saturated heterocycles. The van der Waals surface area contributed by atoms with E-state index in [9.17, 15) is 0 Å². The lowest BCUT2D eigenvalue weighted by molar-refractivity contribution is -0.103. The van der Waals surface area contributed by atoms with Crippen molar-refractivity contribution in [2.24, 2.45) is 11.8 Å². The van der Waals surface area contributed by atoms with Gasteiger partial charge in [0.25, 0.3) is 0 Å². The number of hydrogen-bond acceptors (Lipinski definition) is 5. The number of hydrogen-bond donors (Lipinski definition) is 0. The number of tetrazole rings is 1. The van der Waals surface area contributed by atoms with Gasteiger partial charge in [0, 0.05) is 24.1 Å². The van der Waals surface area contributed by atoms with Crippen LogP contribution in [0.1, 0.15) is 49.9 Å². The van der Waals surface area contributed by atoms with Gasteiger partial charge >= 0.3 is 0 Å². The van der Waals surface area contributed by atoms with Crippen molar-refractivity contribution in [1.82, 2.24) is 34.7 Å². The fraction of sp³-hybridized carbons (Fsp3) is 0.571. The van der Waals surface area contributed by atoms with Gasteiger partial charge in [-0.1, -0.05) is 6.07 Å². The lowest BCUT2D eigenvalue weighted by Gasteiger charge is -2.61. The molecule has 4 aliphatic rings. The molecule has 0 amide bonds. The van der Waals surface area contributed by atoms with Crippen molar-refractivity contribution in [3.05, 3.63) is 42.1 Å². The molecule has 0 aromatic carbocycles. The Morgan fingerprint density at radius 1 is 1.00 bits per heavy atom. The number of aromatic nitrogens is 7. The molecule has 0 aliphatic heterocycles. The van der Waals surface area contributed by atoms with Gasteiger partial charge in [-0.25, -0.2) is 4.98 Å². The fourth-order valence-electron chi connectivity index (χ4n) is 6.64. The lowest BCUT2D eigenvalue weighted by Crippen LogP contribution is -2.60. The second kappa shape index (κ2) is 5.49. The Morgan fingerprint density at radius 3 is 2.46 bits per heavy atom. The topological polar surface area (TPSA) is 74.3 Å². The van der Waals surface area contributed by atoms with Crippen LogP contribution in [-0.4, -0.2) is 34.7 Å². The predicted octanol–water partition coefficient (Wildman–Crippen LogP) is 3.25. The van der Waals surface area contributed by atoms with Gasteiger partial charge in [-0.05, 0) is 81.1 Å². The summed E-state index contributed by atoms with van der Waals surface area (Å²) in [5.41, 5.74) is 2.19. The molecule has 0 N–H and O–H groups in total. The molecule has 7 rings (SSSR count).